The summed E-state index contributed by atoms with van der Waals surface area (Å²) in [5, 5.41) is 3.69. The molecule has 0 bridgehead atoms. The van der Waals surface area contributed by atoms with Crippen LogP contribution >= 0.6 is 0 Å². The van der Waals surface area contributed by atoms with Crippen LogP contribution in [0.2, 0.25) is 0 Å². The van der Waals surface area contributed by atoms with Gasteiger partial charge in [-0.2, -0.15) is 0 Å². The number of nitrogens with one attached hydrogen (secondary N) is 1. The van der Waals surface area contributed by atoms with Crippen molar-refractivity contribution in [3.63, 3.8) is 0 Å². The molecule has 0 radical (unpaired) electrons. The van der Waals surface area contributed by atoms with E-state index in [0.717, 1.165) is 17.9 Å². The molecular weight excluding hydrogens is 364 g/mol. The first-order valence-corrected chi connectivity index (χ1v) is 11.5. The summed E-state index contributed by atoms with van der Waals surface area (Å²) in [6.07, 6.45) is 7.83. The van der Waals surface area contributed by atoms with E-state index in [1.165, 1.54) is 61.0 Å². The monoisotopic (exact) mass is 400 g/mol. The molecule has 158 valence electrons. The van der Waals surface area contributed by atoms with E-state index in [1.807, 2.05) is 0 Å². The van der Waals surface area contributed by atoms with Gasteiger partial charge in [0.1, 0.15) is 0 Å². The van der Waals surface area contributed by atoms with Gasteiger partial charge in [0.05, 0.1) is 11.4 Å². The number of unbranched alkanes of at least 4 members (excludes halogenated alkanes) is 5. The molecule has 3 rings (SSSR count). The van der Waals surface area contributed by atoms with Crippen molar-refractivity contribution in [1.29, 1.82) is 0 Å². The van der Waals surface area contributed by atoms with Gasteiger partial charge in [-0.1, -0.05) is 87.6 Å². The van der Waals surface area contributed by atoms with Crippen molar-refractivity contribution in [2.45, 2.75) is 59.3 Å². The molecule has 3 aromatic rings. The number of anilines is 4. The summed E-state index contributed by atoms with van der Waals surface area (Å²) in [5.74, 6) is 0. The fourth-order valence-electron chi connectivity index (χ4n) is 3.96. The van der Waals surface area contributed by atoms with E-state index in [0.29, 0.717) is 0 Å². The molecule has 0 spiro atoms. The van der Waals surface area contributed by atoms with E-state index >= 15 is 0 Å². The molecule has 2 nitrogen and oxygen atoms in total. The van der Waals surface area contributed by atoms with E-state index < -0.39 is 0 Å². The maximum atomic E-state index is 3.69. The fraction of sp³-hybridized carbons (Fsp3) is 0.357. The van der Waals surface area contributed by atoms with Crippen molar-refractivity contribution in [1.82, 2.24) is 0 Å². The molecule has 30 heavy (non-hydrogen) atoms. The van der Waals surface area contributed by atoms with Crippen LogP contribution in [0.5, 0.6) is 0 Å². The summed E-state index contributed by atoms with van der Waals surface area (Å²) in [6.45, 7) is 7.67. The zero-order valence-corrected chi connectivity index (χ0v) is 18.8. The Labute approximate surface area is 183 Å². The minimum Gasteiger partial charge on any atom is -0.354 e. The van der Waals surface area contributed by atoms with Crippen molar-refractivity contribution in [2.75, 3.05) is 16.8 Å². The zero-order chi connectivity index (χ0) is 21.2. The van der Waals surface area contributed by atoms with E-state index in [4.69, 9.17) is 0 Å². The van der Waals surface area contributed by atoms with Crippen LogP contribution in [0.1, 0.15) is 56.6 Å². The quantitative estimate of drug-likeness (QED) is 0.324. The molecule has 1 N–H and O–H groups in total. The highest BCUT2D eigenvalue weighted by atomic mass is 15.2. The number of hydrogen-bond acceptors (Lipinski definition) is 2. The molecule has 0 aliphatic carbocycles. The fourth-order valence-corrected chi connectivity index (χ4v) is 3.96. The minimum absolute atomic E-state index is 1.03. The first-order chi connectivity index (χ1) is 14.7. The van der Waals surface area contributed by atoms with E-state index in [1.54, 1.807) is 0 Å². The molecule has 3 aromatic carbocycles. The van der Waals surface area contributed by atoms with Gasteiger partial charge in [-0.25, -0.2) is 0 Å². The Balaban J connectivity index is 1.86. The van der Waals surface area contributed by atoms with Crippen LogP contribution in [0.15, 0.2) is 72.8 Å². The van der Waals surface area contributed by atoms with Crippen LogP contribution in [0.4, 0.5) is 22.7 Å². The minimum atomic E-state index is 1.03. The molecule has 0 aliphatic heterocycles. The Morgan fingerprint density at radius 3 is 1.87 bits per heavy atom. The number of benzene rings is 3. The molecular formula is C28H36N2. The summed E-state index contributed by atoms with van der Waals surface area (Å²) in [6, 6.07) is 25.9. The van der Waals surface area contributed by atoms with Gasteiger partial charge >= 0.3 is 0 Å². The van der Waals surface area contributed by atoms with Gasteiger partial charge in [0.15, 0.2) is 0 Å². The molecule has 0 aromatic heterocycles. The molecule has 2 heteroatoms. The Morgan fingerprint density at radius 2 is 1.17 bits per heavy atom. The Hall–Kier alpha value is -2.74. The third-order valence-electron chi connectivity index (χ3n) is 5.75. The number of aryl methyl sites for hydroxylation is 2. The van der Waals surface area contributed by atoms with Crippen LogP contribution in [-0.2, 0) is 0 Å². The number of nitrogens with zero attached hydrogens (tertiary/aromatic N) is 1. The molecule has 0 atom stereocenters. The lowest BCUT2D eigenvalue weighted by Gasteiger charge is -2.29. The summed E-state index contributed by atoms with van der Waals surface area (Å²) in [5.41, 5.74) is 7.42. The first kappa shape index (κ1) is 22.0. The average molecular weight is 401 g/mol. The van der Waals surface area contributed by atoms with Crippen molar-refractivity contribution in [2.24, 2.45) is 0 Å². The van der Waals surface area contributed by atoms with E-state index in [-0.39, 0.29) is 0 Å². The normalized spacial score (nSPS) is 10.8. The van der Waals surface area contributed by atoms with Crippen LogP contribution in [0, 0.1) is 13.8 Å². The molecule has 0 saturated carbocycles. The van der Waals surface area contributed by atoms with Crippen molar-refractivity contribution < 1.29 is 0 Å². The van der Waals surface area contributed by atoms with Gasteiger partial charge in [-0.05, 0) is 55.7 Å². The summed E-state index contributed by atoms with van der Waals surface area (Å²) >= 11 is 0. The van der Waals surface area contributed by atoms with Gasteiger partial charge in [0.2, 0.25) is 0 Å². The largest absolute Gasteiger partial charge is 0.354 e. The lowest BCUT2D eigenvalue weighted by molar-refractivity contribution is 0.609. The standard InChI is InChI=1S/C28H36N2/c1-4-5-6-7-8-15-22-30(27-20-13-10-17-24(27)3)28-21-14-12-19-26(28)29-25-18-11-9-16-23(25)2/h9-14,16-21,29H,4-8,15,22H2,1-3H3. The highest BCUT2D eigenvalue weighted by molar-refractivity contribution is 5.81. The van der Waals surface area contributed by atoms with E-state index in [9.17, 15) is 0 Å². The highest BCUT2D eigenvalue weighted by Gasteiger charge is 2.15. The van der Waals surface area contributed by atoms with Crippen LogP contribution in [0.25, 0.3) is 0 Å². The third-order valence-corrected chi connectivity index (χ3v) is 5.75. The number of para-hydroxylation sites is 4. The third kappa shape index (κ3) is 5.89. The second-order valence-corrected chi connectivity index (χ2v) is 8.16. The van der Waals surface area contributed by atoms with Gasteiger partial charge in [-0.3, -0.25) is 0 Å². The predicted molar refractivity (Wildman–Crippen MR) is 132 cm³/mol. The Kier molecular flexibility index (Phi) is 8.38. The molecule has 0 aliphatic rings. The van der Waals surface area contributed by atoms with Crippen molar-refractivity contribution in [3.05, 3.63) is 83.9 Å². The van der Waals surface area contributed by atoms with E-state index in [2.05, 4.69) is 104 Å². The van der Waals surface area contributed by atoms with Gasteiger partial charge < -0.3 is 10.2 Å². The van der Waals surface area contributed by atoms with Crippen LogP contribution < -0.4 is 10.2 Å². The smallest absolute Gasteiger partial charge is 0.0650 e. The molecule has 0 saturated heterocycles. The second kappa shape index (κ2) is 11.4. The molecule has 0 amide bonds. The lowest BCUT2D eigenvalue weighted by atomic mass is 10.1. The Bertz CT molecular complexity index is 916. The lowest BCUT2D eigenvalue weighted by Crippen LogP contribution is -2.20. The van der Waals surface area contributed by atoms with Crippen molar-refractivity contribution >= 4 is 22.7 Å². The van der Waals surface area contributed by atoms with Gasteiger partial charge in [-0.15, -0.1) is 0 Å². The SMILES string of the molecule is CCCCCCCCN(c1ccccc1C)c1ccccc1Nc1ccccc1C. The topological polar surface area (TPSA) is 15.3 Å². The van der Waals surface area contributed by atoms with Gasteiger partial charge in [0, 0.05) is 17.9 Å². The maximum absolute atomic E-state index is 3.69. The summed E-state index contributed by atoms with van der Waals surface area (Å²) in [4.78, 5) is 2.50. The predicted octanol–water partition coefficient (Wildman–Crippen LogP) is 8.55. The van der Waals surface area contributed by atoms with Crippen LogP contribution in [-0.4, -0.2) is 6.54 Å². The number of hydrogen-bond donors (Lipinski definition) is 1. The molecule has 0 unspecified atom stereocenters. The molecule has 0 fully saturated rings. The number of rotatable bonds is 11. The summed E-state index contributed by atoms with van der Waals surface area (Å²) < 4.78 is 0. The summed E-state index contributed by atoms with van der Waals surface area (Å²) in [7, 11) is 0. The highest BCUT2D eigenvalue weighted by Crippen LogP contribution is 2.36. The molecule has 0 heterocycles. The average Bonchev–Trinajstić information content (AvgIpc) is 2.76. The van der Waals surface area contributed by atoms with Crippen molar-refractivity contribution in [3.8, 4) is 0 Å². The van der Waals surface area contributed by atoms with Crippen LogP contribution in [0.3, 0.4) is 0 Å². The zero-order valence-electron chi connectivity index (χ0n) is 18.8. The maximum Gasteiger partial charge on any atom is 0.0650 e. The Morgan fingerprint density at radius 1 is 0.600 bits per heavy atom. The second-order valence-electron chi connectivity index (χ2n) is 8.16. The first-order valence-electron chi connectivity index (χ1n) is 11.5. The van der Waals surface area contributed by atoms with Gasteiger partial charge in [0.25, 0.3) is 0 Å².